The maximum Gasteiger partial charge on any atom is 0.220 e. The number of aliphatic hydroxyl groups is 5. The van der Waals surface area contributed by atoms with E-state index in [2.05, 4.69) is 153 Å². The van der Waals surface area contributed by atoms with Gasteiger partial charge in [0.2, 0.25) is 5.91 Å². The number of unbranched alkanes of at least 4 members (excludes halogenated alkanes) is 28. The summed E-state index contributed by atoms with van der Waals surface area (Å²) in [4.78, 5) is 13.1. The Hall–Kier alpha value is -3.93. The molecule has 87 heavy (non-hydrogen) atoms. The zero-order chi connectivity index (χ0) is 62.8. The summed E-state index contributed by atoms with van der Waals surface area (Å²) in [6.07, 6.45) is 93.7. The lowest BCUT2D eigenvalue weighted by Crippen LogP contribution is -2.60. The van der Waals surface area contributed by atoms with E-state index in [0.29, 0.717) is 6.42 Å². The van der Waals surface area contributed by atoms with Crippen LogP contribution in [-0.4, -0.2) is 87.5 Å². The SMILES string of the molecule is CC/C=C\C/C=C\C/C=C\C/C=C\C/C=C\C/C=C\C/C=C\C/C=C\C/C=C\C/C=C\CCCCCCCCC(=O)NC(COC1OC(CO)C(O)C(O)C1O)C(O)/C=C/CC/C=C/CCCCCCCCCCCCCCCCCCCCCCC. The summed E-state index contributed by atoms with van der Waals surface area (Å²) in [6.45, 7) is 3.66. The molecule has 7 unspecified atom stereocenters. The minimum Gasteiger partial charge on any atom is -0.394 e. The molecule has 1 aliphatic rings. The molecule has 1 aliphatic heterocycles. The molecule has 1 fully saturated rings. The summed E-state index contributed by atoms with van der Waals surface area (Å²) in [5.74, 6) is -0.205. The summed E-state index contributed by atoms with van der Waals surface area (Å²) < 4.78 is 11.3. The van der Waals surface area contributed by atoms with Crippen molar-refractivity contribution < 1.29 is 39.8 Å². The van der Waals surface area contributed by atoms with Gasteiger partial charge in [0.05, 0.1) is 25.4 Å². The molecular weight excluding hydrogens is 1080 g/mol. The molecule has 7 atom stereocenters. The highest BCUT2D eigenvalue weighted by Crippen LogP contribution is 2.23. The zero-order valence-corrected chi connectivity index (χ0v) is 55.5. The van der Waals surface area contributed by atoms with Gasteiger partial charge in [0.15, 0.2) is 6.29 Å². The topological polar surface area (TPSA) is 149 Å². The second-order valence-corrected chi connectivity index (χ2v) is 23.9. The molecule has 0 spiro atoms. The van der Waals surface area contributed by atoms with E-state index in [1.807, 2.05) is 6.08 Å². The Morgan fingerprint density at radius 2 is 0.724 bits per heavy atom. The van der Waals surface area contributed by atoms with Gasteiger partial charge >= 0.3 is 0 Å². The van der Waals surface area contributed by atoms with Gasteiger partial charge in [-0.2, -0.15) is 0 Å². The molecule has 0 aliphatic carbocycles. The van der Waals surface area contributed by atoms with Crippen molar-refractivity contribution in [3.8, 4) is 0 Å². The molecule has 0 saturated carbocycles. The molecule has 9 nitrogen and oxygen atoms in total. The third kappa shape index (κ3) is 53.6. The van der Waals surface area contributed by atoms with Gasteiger partial charge in [-0.25, -0.2) is 0 Å². The van der Waals surface area contributed by atoms with Crippen molar-refractivity contribution in [3.05, 3.63) is 146 Å². The number of ether oxygens (including phenoxy) is 2. The van der Waals surface area contributed by atoms with Crippen molar-refractivity contribution in [2.75, 3.05) is 13.2 Å². The van der Waals surface area contributed by atoms with E-state index in [1.54, 1.807) is 6.08 Å². The Bertz CT molecular complexity index is 1890. The Balaban J connectivity index is 2.20. The molecule has 1 rings (SSSR count). The van der Waals surface area contributed by atoms with Crippen molar-refractivity contribution >= 4 is 5.91 Å². The first-order valence-corrected chi connectivity index (χ1v) is 35.6. The van der Waals surface area contributed by atoms with Crippen molar-refractivity contribution in [1.82, 2.24) is 5.32 Å². The van der Waals surface area contributed by atoms with E-state index < -0.39 is 49.5 Å². The fourth-order valence-corrected chi connectivity index (χ4v) is 10.4. The highest BCUT2D eigenvalue weighted by molar-refractivity contribution is 5.76. The van der Waals surface area contributed by atoms with E-state index in [1.165, 1.54) is 135 Å². The first-order chi connectivity index (χ1) is 42.8. The molecule has 1 amide bonds. The summed E-state index contributed by atoms with van der Waals surface area (Å²) in [7, 11) is 0. The predicted octanol–water partition coefficient (Wildman–Crippen LogP) is 19.7. The van der Waals surface area contributed by atoms with E-state index in [9.17, 15) is 30.3 Å². The molecular formula is C78H131NO8. The minimum atomic E-state index is -1.59. The second-order valence-electron chi connectivity index (χ2n) is 23.9. The van der Waals surface area contributed by atoms with Crippen molar-refractivity contribution in [2.45, 2.75) is 326 Å². The lowest BCUT2D eigenvalue weighted by atomic mass is 9.99. The van der Waals surface area contributed by atoms with Gasteiger partial charge in [-0.15, -0.1) is 0 Å². The minimum absolute atomic E-state index is 0.205. The normalized spacial score (nSPS) is 18.9. The quantitative estimate of drug-likeness (QED) is 0.0261. The van der Waals surface area contributed by atoms with E-state index in [0.717, 1.165) is 128 Å². The van der Waals surface area contributed by atoms with Gasteiger partial charge < -0.3 is 40.3 Å². The molecule has 0 radical (unpaired) electrons. The number of amides is 1. The van der Waals surface area contributed by atoms with Crippen LogP contribution in [0.3, 0.4) is 0 Å². The largest absolute Gasteiger partial charge is 0.394 e. The first-order valence-electron chi connectivity index (χ1n) is 35.6. The van der Waals surface area contributed by atoms with Gasteiger partial charge in [-0.1, -0.05) is 314 Å². The molecule has 0 aromatic rings. The average Bonchev–Trinajstić information content (AvgIpc) is 3.37. The Labute approximate surface area is 533 Å². The van der Waals surface area contributed by atoms with Gasteiger partial charge in [-0.05, 0) is 109 Å². The Morgan fingerprint density at radius 3 is 1.10 bits per heavy atom. The molecule has 1 saturated heterocycles. The van der Waals surface area contributed by atoms with Crippen LogP contribution in [0.15, 0.2) is 146 Å². The fraction of sp³-hybridized carbons (Fsp3) is 0.679. The van der Waals surface area contributed by atoms with E-state index in [4.69, 9.17) is 9.47 Å². The van der Waals surface area contributed by atoms with Crippen molar-refractivity contribution in [1.29, 1.82) is 0 Å². The molecule has 496 valence electrons. The number of aliphatic hydroxyl groups excluding tert-OH is 5. The van der Waals surface area contributed by atoms with Crippen molar-refractivity contribution in [2.24, 2.45) is 0 Å². The summed E-state index contributed by atoms with van der Waals surface area (Å²) >= 11 is 0. The highest BCUT2D eigenvalue weighted by atomic mass is 16.7. The molecule has 0 bridgehead atoms. The number of hydrogen-bond acceptors (Lipinski definition) is 8. The van der Waals surface area contributed by atoms with E-state index >= 15 is 0 Å². The summed E-state index contributed by atoms with van der Waals surface area (Å²) in [5.41, 5.74) is 0. The average molecular weight is 1210 g/mol. The monoisotopic (exact) mass is 1210 g/mol. The van der Waals surface area contributed by atoms with Gasteiger partial charge in [0, 0.05) is 6.42 Å². The van der Waals surface area contributed by atoms with Crippen LogP contribution >= 0.6 is 0 Å². The maximum atomic E-state index is 13.1. The van der Waals surface area contributed by atoms with Crippen LogP contribution in [0.1, 0.15) is 284 Å². The van der Waals surface area contributed by atoms with Gasteiger partial charge in [0.1, 0.15) is 24.4 Å². The first kappa shape index (κ1) is 81.1. The molecule has 6 N–H and O–H groups in total. The van der Waals surface area contributed by atoms with Gasteiger partial charge in [0.25, 0.3) is 0 Å². The summed E-state index contributed by atoms with van der Waals surface area (Å²) in [6, 6.07) is -0.843. The van der Waals surface area contributed by atoms with Crippen LogP contribution in [0.25, 0.3) is 0 Å². The number of nitrogens with one attached hydrogen (secondary N) is 1. The second kappa shape index (κ2) is 65.0. The lowest BCUT2D eigenvalue weighted by Gasteiger charge is -2.40. The zero-order valence-electron chi connectivity index (χ0n) is 55.5. The number of rotatable bonds is 60. The third-order valence-electron chi connectivity index (χ3n) is 15.9. The fourth-order valence-electron chi connectivity index (χ4n) is 10.4. The van der Waals surface area contributed by atoms with Crippen LogP contribution in [0, 0.1) is 0 Å². The standard InChI is InChI=1S/C78H131NO8/c1-3-5-7-9-11-13-15-17-19-21-23-25-27-29-31-32-33-34-35-36-37-38-39-40-42-44-46-48-50-52-54-56-58-60-62-64-66-68-74(82)79-71(70-86-78-77(85)76(84)75(83)73(69-80)87-78)72(81)67-65-63-61-59-57-55-53-51-49-47-45-43-41-30-28-26-24-22-20-18-16-14-12-10-8-6-4-2/h5,7,11,13,17,19,23,25,29,31,33-34,36-37,39-40,44,46,50,52,57,59,65,67,71-73,75-78,80-81,83-85H,3-4,6,8-10,12,14-16,18,20-22,24,26-28,30,32,35,38,41-43,45,47-49,51,53-56,58,60-64,66,68-70H2,1-2H3,(H,79,82)/b7-5-,13-11-,19-17-,25-23-,31-29-,34-33-,37-36-,40-39-,46-44-,52-50-,59-57+,67-65+. The van der Waals surface area contributed by atoms with Crippen LogP contribution in [0.5, 0.6) is 0 Å². The molecule has 1 heterocycles. The number of allylic oxidation sites excluding steroid dienone is 23. The maximum absolute atomic E-state index is 13.1. The van der Waals surface area contributed by atoms with Crippen LogP contribution in [0.2, 0.25) is 0 Å². The van der Waals surface area contributed by atoms with Crippen LogP contribution in [0.4, 0.5) is 0 Å². The predicted molar refractivity (Wildman–Crippen MR) is 373 cm³/mol. The third-order valence-corrected chi connectivity index (χ3v) is 15.9. The Morgan fingerprint density at radius 1 is 0.402 bits per heavy atom. The van der Waals surface area contributed by atoms with E-state index in [-0.39, 0.29) is 12.5 Å². The Kier molecular flexibility index (Phi) is 60.6. The number of hydrogen-bond donors (Lipinski definition) is 6. The molecule has 0 aromatic carbocycles. The van der Waals surface area contributed by atoms with Crippen LogP contribution in [-0.2, 0) is 14.3 Å². The molecule has 9 heteroatoms. The summed E-state index contributed by atoms with van der Waals surface area (Å²) in [5, 5.41) is 54.7. The van der Waals surface area contributed by atoms with Crippen molar-refractivity contribution in [3.63, 3.8) is 0 Å². The van der Waals surface area contributed by atoms with Crippen LogP contribution < -0.4 is 5.32 Å². The highest BCUT2D eigenvalue weighted by Gasteiger charge is 2.44. The smallest absolute Gasteiger partial charge is 0.220 e. The number of carbonyl (C=O) groups excluding carboxylic acids is 1. The molecule has 0 aromatic heterocycles. The van der Waals surface area contributed by atoms with Gasteiger partial charge in [-0.3, -0.25) is 4.79 Å². The lowest BCUT2D eigenvalue weighted by molar-refractivity contribution is -0.302. The number of carbonyl (C=O) groups is 1.